The zero-order valence-electron chi connectivity index (χ0n) is 13.4. The summed E-state index contributed by atoms with van der Waals surface area (Å²) >= 11 is 0. The molecule has 2 rings (SSSR count). The minimum absolute atomic E-state index is 0.0429. The lowest BCUT2D eigenvalue weighted by atomic mass is 10.0. The summed E-state index contributed by atoms with van der Waals surface area (Å²) in [5, 5.41) is 0. The summed E-state index contributed by atoms with van der Waals surface area (Å²) < 4.78 is 11.3. The number of hydrogen-bond acceptors (Lipinski definition) is 2. The normalized spacial score (nSPS) is 20.9. The van der Waals surface area contributed by atoms with Crippen LogP contribution in [0.1, 0.15) is 51.5 Å². The third-order valence-corrected chi connectivity index (χ3v) is 3.86. The van der Waals surface area contributed by atoms with Gasteiger partial charge in [0.15, 0.2) is 0 Å². The molecule has 2 nitrogen and oxygen atoms in total. The van der Waals surface area contributed by atoms with Gasteiger partial charge in [0.2, 0.25) is 0 Å². The average molecular weight is 288 g/mol. The van der Waals surface area contributed by atoms with Crippen LogP contribution in [0.4, 0.5) is 0 Å². The van der Waals surface area contributed by atoms with E-state index in [1.165, 1.54) is 31.2 Å². The lowest BCUT2D eigenvalue weighted by Crippen LogP contribution is -2.17. The maximum Gasteiger partial charge on any atom is 0.123 e. The van der Waals surface area contributed by atoms with Gasteiger partial charge in [0, 0.05) is 0 Å². The monoisotopic (exact) mass is 288 g/mol. The molecular weight excluding hydrogens is 260 g/mol. The summed E-state index contributed by atoms with van der Waals surface area (Å²) in [5.74, 6) is 1.03. The number of ether oxygens (including phenoxy) is 2. The molecule has 2 heteroatoms. The van der Waals surface area contributed by atoms with Crippen molar-refractivity contribution in [1.82, 2.24) is 0 Å². The van der Waals surface area contributed by atoms with Crippen LogP contribution in [0.25, 0.3) is 0 Å². The van der Waals surface area contributed by atoms with Crippen molar-refractivity contribution in [2.45, 2.75) is 58.0 Å². The van der Waals surface area contributed by atoms with Gasteiger partial charge in [-0.15, -0.1) is 0 Å². The van der Waals surface area contributed by atoms with Gasteiger partial charge in [-0.25, -0.2) is 0 Å². The standard InChI is InChI=1S/C19H28O2/c1-3-4-5-6-7-8-9-12-17-13-10-11-14-18(17)20-15-19(2)16-21-19/h4-5,10-11,13-14H,3,6-9,12,15-16H2,1-2H3/b5-4+. The molecule has 1 heterocycles. The molecule has 1 saturated heterocycles. The number of epoxide rings is 1. The quantitative estimate of drug-likeness (QED) is 0.346. The molecule has 0 N–H and O–H groups in total. The third-order valence-electron chi connectivity index (χ3n) is 3.86. The Morgan fingerprint density at radius 2 is 2.00 bits per heavy atom. The first-order valence-electron chi connectivity index (χ1n) is 8.23. The SMILES string of the molecule is CC/C=C/CCCCCc1ccccc1OCC1(C)CO1. The van der Waals surface area contributed by atoms with Crippen molar-refractivity contribution >= 4 is 0 Å². The Morgan fingerprint density at radius 1 is 1.19 bits per heavy atom. The Morgan fingerprint density at radius 3 is 2.76 bits per heavy atom. The first kappa shape index (κ1) is 16.1. The molecule has 0 aromatic heterocycles. The molecule has 1 aliphatic heterocycles. The van der Waals surface area contributed by atoms with E-state index in [0.717, 1.165) is 25.2 Å². The van der Waals surface area contributed by atoms with Crippen molar-refractivity contribution < 1.29 is 9.47 Å². The number of aryl methyl sites for hydroxylation is 1. The fourth-order valence-electron chi connectivity index (χ4n) is 2.33. The molecule has 0 aliphatic carbocycles. The molecular formula is C19H28O2. The predicted octanol–water partition coefficient (Wildman–Crippen LogP) is 4.92. The zero-order chi connectivity index (χ0) is 15.0. The second-order valence-corrected chi connectivity index (χ2v) is 6.11. The second-order valence-electron chi connectivity index (χ2n) is 6.11. The zero-order valence-corrected chi connectivity index (χ0v) is 13.4. The number of rotatable bonds is 10. The van der Waals surface area contributed by atoms with Crippen molar-refractivity contribution in [1.29, 1.82) is 0 Å². The van der Waals surface area contributed by atoms with E-state index in [-0.39, 0.29) is 5.60 Å². The van der Waals surface area contributed by atoms with E-state index < -0.39 is 0 Å². The van der Waals surface area contributed by atoms with E-state index >= 15 is 0 Å². The second kappa shape index (κ2) is 8.23. The van der Waals surface area contributed by atoms with E-state index in [0.29, 0.717) is 6.61 Å². The Bertz CT molecular complexity index is 447. The Balaban J connectivity index is 1.70. The molecule has 0 saturated carbocycles. The molecule has 1 aliphatic rings. The highest BCUT2D eigenvalue weighted by molar-refractivity contribution is 5.33. The molecule has 21 heavy (non-hydrogen) atoms. The number of unbranched alkanes of at least 4 members (excludes halogenated alkanes) is 3. The van der Waals surface area contributed by atoms with Crippen molar-refractivity contribution in [2.24, 2.45) is 0 Å². The van der Waals surface area contributed by atoms with Crippen molar-refractivity contribution in [3.05, 3.63) is 42.0 Å². The summed E-state index contributed by atoms with van der Waals surface area (Å²) in [6.07, 6.45) is 11.8. The highest BCUT2D eigenvalue weighted by Crippen LogP contribution is 2.28. The largest absolute Gasteiger partial charge is 0.490 e. The average Bonchev–Trinajstić information content (AvgIpc) is 3.23. The summed E-state index contributed by atoms with van der Waals surface area (Å²) in [6, 6.07) is 8.40. The number of para-hydroxylation sites is 1. The van der Waals surface area contributed by atoms with Gasteiger partial charge in [0.05, 0.1) is 6.61 Å². The van der Waals surface area contributed by atoms with Crippen LogP contribution >= 0.6 is 0 Å². The number of benzene rings is 1. The first-order valence-corrected chi connectivity index (χ1v) is 8.23. The van der Waals surface area contributed by atoms with Crippen LogP contribution in [0.15, 0.2) is 36.4 Å². The van der Waals surface area contributed by atoms with Gasteiger partial charge in [0.25, 0.3) is 0 Å². The highest BCUT2D eigenvalue weighted by Gasteiger charge is 2.40. The van der Waals surface area contributed by atoms with E-state index in [1.807, 2.05) is 6.07 Å². The van der Waals surface area contributed by atoms with Crippen LogP contribution in [0, 0.1) is 0 Å². The van der Waals surface area contributed by atoms with Crippen molar-refractivity contribution in [3.8, 4) is 5.75 Å². The van der Waals surface area contributed by atoms with Gasteiger partial charge in [-0.1, -0.05) is 43.7 Å². The lowest BCUT2D eigenvalue weighted by Gasteiger charge is -2.13. The van der Waals surface area contributed by atoms with Crippen LogP contribution < -0.4 is 4.74 Å². The van der Waals surface area contributed by atoms with E-state index in [9.17, 15) is 0 Å². The molecule has 1 atom stereocenters. The highest BCUT2D eigenvalue weighted by atomic mass is 16.6. The maximum atomic E-state index is 5.94. The molecule has 0 radical (unpaired) electrons. The van der Waals surface area contributed by atoms with Crippen LogP contribution in [0.2, 0.25) is 0 Å². The molecule has 1 unspecified atom stereocenters. The maximum absolute atomic E-state index is 5.94. The van der Waals surface area contributed by atoms with Gasteiger partial charge in [-0.05, 0) is 50.7 Å². The molecule has 0 spiro atoms. The molecule has 0 bridgehead atoms. The van der Waals surface area contributed by atoms with Crippen LogP contribution in [0.3, 0.4) is 0 Å². The lowest BCUT2D eigenvalue weighted by molar-refractivity contribution is 0.201. The fraction of sp³-hybridized carbons (Fsp3) is 0.579. The van der Waals surface area contributed by atoms with Crippen molar-refractivity contribution in [2.75, 3.05) is 13.2 Å². The van der Waals surface area contributed by atoms with Crippen LogP contribution in [-0.4, -0.2) is 18.8 Å². The van der Waals surface area contributed by atoms with Crippen LogP contribution in [-0.2, 0) is 11.2 Å². The molecule has 1 aromatic carbocycles. The van der Waals surface area contributed by atoms with Gasteiger partial charge in [-0.2, -0.15) is 0 Å². The predicted molar refractivity (Wildman–Crippen MR) is 87.9 cm³/mol. The molecule has 0 amide bonds. The summed E-state index contributed by atoms with van der Waals surface area (Å²) in [4.78, 5) is 0. The number of hydrogen-bond donors (Lipinski definition) is 0. The van der Waals surface area contributed by atoms with E-state index in [1.54, 1.807) is 0 Å². The summed E-state index contributed by atoms with van der Waals surface area (Å²) in [6.45, 7) is 5.76. The smallest absolute Gasteiger partial charge is 0.123 e. The third kappa shape index (κ3) is 5.92. The molecule has 1 aromatic rings. The Hall–Kier alpha value is -1.28. The summed E-state index contributed by atoms with van der Waals surface area (Å²) in [7, 11) is 0. The van der Waals surface area contributed by atoms with Gasteiger partial charge < -0.3 is 9.47 Å². The Kier molecular flexibility index (Phi) is 6.31. The number of allylic oxidation sites excluding steroid dienone is 2. The first-order chi connectivity index (χ1) is 10.2. The molecule has 1 fully saturated rings. The van der Waals surface area contributed by atoms with E-state index in [2.05, 4.69) is 44.2 Å². The topological polar surface area (TPSA) is 21.8 Å². The molecule has 116 valence electrons. The van der Waals surface area contributed by atoms with Gasteiger partial charge in [0.1, 0.15) is 18.0 Å². The van der Waals surface area contributed by atoms with Crippen molar-refractivity contribution in [3.63, 3.8) is 0 Å². The van der Waals surface area contributed by atoms with Crippen LogP contribution in [0.5, 0.6) is 5.75 Å². The summed E-state index contributed by atoms with van der Waals surface area (Å²) in [5.41, 5.74) is 1.28. The van der Waals surface area contributed by atoms with Gasteiger partial charge >= 0.3 is 0 Å². The fourth-order valence-corrected chi connectivity index (χ4v) is 2.33. The van der Waals surface area contributed by atoms with E-state index in [4.69, 9.17) is 9.47 Å². The van der Waals surface area contributed by atoms with Gasteiger partial charge in [-0.3, -0.25) is 0 Å². The minimum Gasteiger partial charge on any atom is -0.490 e. The minimum atomic E-state index is -0.0429. The Labute approximate surface area is 129 Å².